The van der Waals surface area contributed by atoms with Crippen molar-refractivity contribution in [3.05, 3.63) is 125 Å². The van der Waals surface area contributed by atoms with E-state index in [9.17, 15) is 13.2 Å². The highest BCUT2D eigenvalue weighted by atomic mass is 32.2. The molecule has 0 saturated carbocycles. The predicted octanol–water partition coefficient (Wildman–Crippen LogP) is 5.64. The number of hydrogen-bond acceptors (Lipinski definition) is 5. The van der Waals surface area contributed by atoms with Crippen molar-refractivity contribution in [3.8, 4) is 5.75 Å². The van der Waals surface area contributed by atoms with E-state index in [2.05, 4.69) is 4.72 Å². The van der Waals surface area contributed by atoms with Gasteiger partial charge >= 0.3 is 5.97 Å². The topological polar surface area (TPSA) is 81.7 Å². The molecule has 0 aliphatic heterocycles. The molecule has 0 amide bonds. The van der Waals surface area contributed by atoms with E-state index in [-0.39, 0.29) is 10.5 Å². The van der Waals surface area contributed by atoms with Crippen LogP contribution in [0.15, 0.2) is 108 Å². The fraction of sp³-hybridized carbons (Fsp3) is 0.138. The quantitative estimate of drug-likeness (QED) is 0.285. The lowest BCUT2D eigenvalue weighted by atomic mass is 10.0. The van der Waals surface area contributed by atoms with Crippen LogP contribution in [0.1, 0.15) is 27.0 Å². The summed E-state index contributed by atoms with van der Waals surface area (Å²) in [6, 6.07) is 30.7. The van der Waals surface area contributed by atoms with Gasteiger partial charge in [0.2, 0.25) is 0 Å². The van der Waals surface area contributed by atoms with Crippen molar-refractivity contribution in [1.82, 2.24) is 0 Å². The van der Waals surface area contributed by atoms with E-state index in [1.165, 1.54) is 25.3 Å². The number of carbonyl (C=O) groups is 1. The summed E-state index contributed by atoms with van der Waals surface area (Å²) in [5.41, 5.74) is 3.42. The van der Waals surface area contributed by atoms with E-state index in [1.807, 2.05) is 54.6 Å². The van der Waals surface area contributed by atoms with Gasteiger partial charge in [-0.05, 0) is 59.9 Å². The van der Waals surface area contributed by atoms with Gasteiger partial charge in [0.05, 0.1) is 23.3 Å². The van der Waals surface area contributed by atoms with Crippen molar-refractivity contribution in [3.63, 3.8) is 0 Å². The van der Waals surface area contributed by atoms with Crippen molar-refractivity contribution >= 4 is 21.7 Å². The fourth-order valence-corrected chi connectivity index (χ4v) is 4.91. The van der Waals surface area contributed by atoms with Gasteiger partial charge < -0.3 is 9.47 Å². The average Bonchev–Trinajstić information content (AvgIpc) is 2.92. The maximum atomic E-state index is 13.0. The summed E-state index contributed by atoms with van der Waals surface area (Å²) < 4.78 is 39.6. The summed E-state index contributed by atoms with van der Waals surface area (Å²) >= 11 is 0. The Morgan fingerprint density at radius 1 is 0.778 bits per heavy atom. The normalized spacial score (nSPS) is 11.0. The summed E-state index contributed by atoms with van der Waals surface area (Å²) in [5, 5.41) is 0. The average molecular weight is 502 g/mol. The molecule has 0 fully saturated rings. The zero-order valence-corrected chi connectivity index (χ0v) is 20.7. The minimum Gasteiger partial charge on any atom is -0.489 e. The van der Waals surface area contributed by atoms with E-state index in [4.69, 9.17) is 9.47 Å². The molecule has 0 aromatic heterocycles. The number of nitrogens with one attached hydrogen (secondary N) is 1. The van der Waals surface area contributed by atoms with Crippen LogP contribution in [-0.2, 0) is 34.2 Å². The lowest BCUT2D eigenvalue weighted by Crippen LogP contribution is -2.15. The molecular weight excluding hydrogens is 474 g/mol. The Balaban J connectivity index is 1.57. The van der Waals surface area contributed by atoms with Gasteiger partial charge in [-0.2, -0.15) is 0 Å². The molecule has 4 aromatic carbocycles. The van der Waals surface area contributed by atoms with Gasteiger partial charge in [0, 0.05) is 0 Å². The molecule has 1 N–H and O–H groups in total. The van der Waals surface area contributed by atoms with Gasteiger partial charge in [-0.15, -0.1) is 0 Å². The number of benzene rings is 4. The van der Waals surface area contributed by atoms with E-state index >= 15 is 0 Å². The van der Waals surface area contributed by atoms with Crippen LogP contribution in [-0.4, -0.2) is 21.5 Å². The predicted molar refractivity (Wildman–Crippen MR) is 140 cm³/mol. The second-order valence-electron chi connectivity index (χ2n) is 8.16. The van der Waals surface area contributed by atoms with Crippen LogP contribution in [0, 0.1) is 0 Å². The SMILES string of the molecule is COC(=O)c1ccc(CCc2ccccc2OCc2ccccc2)c(NS(=O)(=O)c2ccccc2)c1. The molecule has 7 heteroatoms. The van der Waals surface area contributed by atoms with Gasteiger partial charge in [0.25, 0.3) is 10.0 Å². The lowest BCUT2D eigenvalue weighted by Gasteiger charge is -2.15. The number of anilines is 1. The molecule has 0 heterocycles. The number of esters is 1. The van der Waals surface area contributed by atoms with E-state index in [0.717, 1.165) is 22.4 Å². The third-order valence-corrected chi connectivity index (χ3v) is 7.08. The number of hydrogen-bond donors (Lipinski definition) is 1. The van der Waals surface area contributed by atoms with E-state index in [0.29, 0.717) is 25.1 Å². The molecule has 0 saturated heterocycles. The molecule has 0 bridgehead atoms. The Kier molecular flexibility index (Phi) is 8.02. The van der Waals surface area contributed by atoms with Crippen LogP contribution in [0.2, 0.25) is 0 Å². The summed E-state index contributed by atoms with van der Waals surface area (Å²) in [6.07, 6.45) is 1.14. The zero-order valence-electron chi connectivity index (χ0n) is 19.9. The minimum absolute atomic E-state index is 0.138. The number of sulfonamides is 1. The number of carbonyl (C=O) groups excluding carboxylic acids is 1. The highest BCUT2D eigenvalue weighted by molar-refractivity contribution is 7.92. The molecule has 0 spiro atoms. The highest BCUT2D eigenvalue weighted by Gasteiger charge is 2.18. The van der Waals surface area contributed by atoms with Gasteiger partial charge in [0.15, 0.2) is 0 Å². The van der Waals surface area contributed by atoms with Crippen LogP contribution in [0.4, 0.5) is 5.69 Å². The van der Waals surface area contributed by atoms with Crippen molar-refractivity contribution in [2.45, 2.75) is 24.3 Å². The Hall–Kier alpha value is -4.10. The van der Waals surface area contributed by atoms with Crippen LogP contribution in [0.3, 0.4) is 0 Å². The van der Waals surface area contributed by atoms with E-state index < -0.39 is 16.0 Å². The molecule has 4 aromatic rings. The number of aryl methyl sites for hydroxylation is 2. The van der Waals surface area contributed by atoms with E-state index in [1.54, 1.807) is 30.3 Å². The molecule has 36 heavy (non-hydrogen) atoms. The van der Waals surface area contributed by atoms with Crippen molar-refractivity contribution in [2.75, 3.05) is 11.8 Å². The van der Waals surface area contributed by atoms with Crippen LogP contribution < -0.4 is 9.46 Å². The fourth-order valence-electron chi connectivity index (χ4n) is 3.79. The summed E-state index contributed by atoms with van der Waals surface area (Å²) in [7, 11) is -2.55. The first-order valence-corrected chi connectivity index (χ1v) is 13.0. The molecule has 0 atom stereocenters. The van der Waals surface area contributed by atoms with Crippen LogP contribution >= 0.6 is 0 Å². The maximum absolute atomic E-state index is 13.0. The smallest absolute Gasteiger partial charge is 0.337 e. The monoisotopic (exact) mass is 501 g/mol. The second kappa shape index (κ2) is 11.6. The number of rotatable bonds is 10. The van der Waals surface area contributed by atoms with Crippen LogP contribution in [0.25, 0.3) is 0 Å². The minimum atomic E-state index is -3.84. The number of para-hydroxylation sites is 1. The third-order valence-electron chi connectivity index (χ3n) is 5.70. The lowest BCUT2D eigenvalue weighted by molar-refractivity contribution is 0.0600. The number of ether oxygens (including phenoxy) is 2. The number of methoxy groups -OCH3 is 1. The maximum Gasteiger partial charge on any atom is 0.337 e. The molecule has 0 radical (unpaired) electrons. The Bertz CT molecular complexity index is 1420. The first kappa shape index (κ1) is 25.0. The van der Waals surface area contributed by atoms with Crippen molar-refractivity contribution < 1.29 is 22.7 Å². The summed E-state index contributed by atoms with van der Waals surface area (Å²) in [6.45, 7) is 0.452. The third kappa shape index (κ3) is 6.31. The second-order valence-corrected chi connectivity index (χ2v) is 9.85. The largest absolute Gasteiger partial charge is 0.489 e. The van der Waals surface area contributed by atoms with Crippen LogP contribution in [0.5, 0.6) is 5.75 Å². The van der Waals surface area contributed by atoms with Crippen molar-refractivity contribution in [1.29, 1.82) is 0 Å². The van der Waals surface area contributed by atoms with Gasteiger partial charge in [0.1, 0.15) is 12.4 Å². The first-order chi connectivity index (χ1) is 17.5. The van der Waals surface area contributed by atoms with Gasteiger partial charge in [-0.3, -0.25) is 4.72 Å². The molecule has 4 rings (SSSR count). The van der Waals surface area contributed by atoms with Gasteiger partial charge in [-0.25, -0.2) is 13.2 Å². The van der Waals surface area contributed by atoms with Crippen molar-refractivity contribution in [2.24, 2.45) is 0 Å². The molecular formula is C29H27NO5S. The molecule has 0 aliphatic rings. The molecule has 0 unspecified atom stereocenters. The summed E-state index contributed by atoms with van der Waals surface area (Å²) in [4.78, 5) is 12.2. The molecule has 0 aliphatic carbocycles. The Labute approximate surface area is 211 Å². The Morgan fingerprint density at radius 2 is 1.42 bits per heavy atom. The Morgan fingerprint density at radius 3 is 2.14 bits per heavy atom. The standard InChI is InChI=1S/C29H27NO5S/c1-34-29(31)25-19-17-23(27(20-25)30-36(32,33)26-13-6-3-7-14-26)16-18-24-12-8-9-15-28(24)35-21-22-10-4-2-5-11-22/h2-15,17,19-20,30H,16,18,21H2,1H3. The molecule has 184 valence electrons. The first-order valence-electron chi connectivity index (χ1n) is 11.5. The van der Waals surface area contributed by atoms with Gasteiger partial charge in [-0.1, -0.05) is 72.8 Å². The molecule has 6 nitrogen and oxygen atoms in total. The highest BCUT2D eigenvalue weighted by Crippen LogP contribution is 2.26. The summed E-state index contributed by atoms with van der Waals surface area (Å²) in [5.74, 6) is 0.236. The zero-order chi connectivity index (χ0) is 25.4.